The van der Waals surface area contributed by atoms with Crippen LogP contribution in [0, 0.1) is 23.0 Å². The molecule has 1 aliphatic heterocycles. The summed E-state index contributed by atoms with van der Waals surface area (Å²) < 4.78 is 8.04. The minimum Gasteiger partial charge on any atom is -0.611 e. The monoisotopic (exact) mass is 357 g/mol. The highest BCUT2D eigenvalue weighted by molar-refractivity contribution is 7.93. The van der Waals surface area contributed by atoms with Gasteiger partial charge in [0.25, 0.3) is 0 Å². The molecule has 2 aliphatic rings. The SMILES string of the molecule is CCCC[C@@H]1C[C@@H](C)[C@H](O[Si](C)(C)C(C)(C)C)[C@@H]2CS[N+]([O-])=C12. The standard InChI is InChI=1S/C18H35NO2SSi/c1-8-9-10-14-11-13(2)17(15-12-22-19(20)16(14)15)21-23(6,7)18(3,4)5/h13-15,17H,8-12H2,1-7H3/t13-,14-,15-,17+/m1/s1. The maximum atomic E-state index is 12.4. The molecule has 0 radical (unpaired) electrons. The molecule has 0 amide bonds. The van der Waals surface area contributed by atoms with E-state index in [1.807, 2.05) is 0 Å². The van der Waals surface area contributed by atoms with E-state index in [1.165, 1.54) is 35.4 Å². The van der Waals surface area contributed by atoms with Crippen molar-refractivity contribution in [1.29, 1.82) is 0 Å². The Morgan fingerprint density at radius 1 is 1.35 bits per heavy atom. The topological polar surface area (TPSA) is 35.3 Å². The van der Waals surface area contributed by atoms with Crippen LogP contribution in [0.1, 0.15) is 60.3 Å². The lowest BCUT2D eigenvalue weighted by Crippen LogP contribution is -2.52. The summed E-state index contributed by atoms with van der Waals surface area (Å²) in [4.78, 5) is 0. The number of hydrogen-bond acceptors (Lipinski definition) is 3. The van der Waals surface area contributed by atoms with Crippen molar-refractivity contribution in [2.24, 2.45) is 17.8 Å². The molecular weight excluding hydrogens is 322 g/mol. The van der Waals surface area contributed by atoms with Gasteiger partial charge in [0.05, 0.1) is 17.8 Å². The molecule has 1 fully saturated rings. The van der Waals surface area contributed by atoms with Crippen molar-refractivity contribution in [2.75, 3.05) is 5.75 Å². The van der Waals surface area contributed by atoms with Crippen molar-refractivity contribution < 1.29 is 8.57 Å². The molecule has 4 atom stereocenters. The van der Waals surface area contributed by atoms with Crippen LogP contribution in [-0.2, 0) is 4.43 Å². The fourth-order valence-electron chi connectivity index (χ4n) is 3.69. The van der Waals surface area contributed by atoms with E-state index in [-0.39, 0.29) is 11.1 Å². The third kappa shape index (κ3) is 3.98. The number of nitrogens with zero attached hydrogens (tertiary/aromatic N) is 1. The van der Waals surface area contributed by atoms with Crippen molar-refractivity contribution in [3.63, 3.8) is 0 Å². The van der Waals surface area contributed by atoms with Crippen LogP contribution < -0.4 is 0 Å². The molecule has 0 N–H and O–H groups in total. The van der Waals surface area contributed by atoms with Crippen molar-refractivity contribution in [3.8, 4) is 0 Å². The van der Waals surface area contributed by atoms with Crippen LogP contribution in [0.15, 0.2) is 0 Å². The smallest absolute Gasteiger partial charge is 0.192 e. The largest absolute Gasteiger partial charge is 0.611 e. The van der Waals surface area contributed by atoms with E-state index in [4.69, 9.17) is 4.43 Å². The van der Waals surface area contributed by atoms with E-state index in [9.17, 15) is 5.21 Å². The summed E-state index contributed by atoms with van der Waals surface area (Å²) in [5.74, 6) is 2.26. The molecule has 3 nitrogen and oxygen atoms in total. The average Bonchev–Trinajstić information content (AvgIpc) is 2.81. The summed E-state index contributed by atoms with van der Waals surface area (Å²) >= 11 is 1.46. The van der Waals surface area contributed by atoms with Gasteiger partial charge in [0.15, 0.2) is 26.0 Å². The third-order valence-electron chi connectivity index (χ3n) is 6.14. The molecule has 5 heteroatoms. The zero-order chi connectivity index (χ0) is 17.4. The highest BCUT2D eigenvalue weighted by Crippen LogP contribution is 2.45. The van der Waals surface area contributed by atoms with Gasteiger partial charge in [-0.05, 0) is 36.9 Å². The summed E-state index contributed by atoms with van der Waals surface area (Å²) in [5.41, 5.74) is 1.14. The lowest BCUT2D eigenvalue weighted by molar-refractivity contribution is -0.263. The average molecular weight is 358 g/mol. The third-order valence-corrected chi connectivity index (χ3v) is 11.6. The Morgan fingerprint density at radius 2 is 2.00 bits per heavy atom. The Balaban J connectivity index is 2.21. The minimum atomic E-state index is -1.81. The number of unbranched alkanes of at least 4 members (excludes halogenated alkanes) is 1. The Labute approximate surface area is 148 Å². The zero-order valence-electron chi connectivity index (χ0n) is 16.0. The Kier molecular flexibility index (Phi) is 5.95. The van der Waals surface area contributed by atoms with Crippen molar-refractivity contribution >= 4 is 26.0 Å². The Bertz CT molecular complexity index is 458. The van der Waals surface area contributed by atoms with E-state index in [0.717, 1.165) is 17.9 Å². The van der Waals surface area contributed by atoms with E-state index in [0.29, 0.717) is 17.8 Å². The van der Waals surface area contributed by atoms with Crippen LogP contribution in [0.2, 0.25) is 18.1 Å². The molecule has 1 aliphatic carbocycles. The summed E-state index contributed by atoms with van der Waals surface area (Å²) in [6.07, 6.45) is 4.94. The fraction of sp³-hybridized carbons (Fsp3) is 0.944. The van der Waals surface area contributed by atoms with Gasteiger partial charge in [-0.3, -0.25) is 0 Å². The van der Waals surface area contributed by atoms with E-state index >= 15 is 0 Å². The predicted molar refractivity (Wildman–Crippen MR) is 103 cm³/mol. The molecule has 1 heterocycles. The molecule has 0 aromatic heterocycles. The first-order valence-corrected chi connectivity index (χ1v) is 13.1. The molecule has 23 heavy (non-hydrogen) atoms. The van der Waals surface area contributed by atoms with Crippen molar-refractivity contribution in [1.82, 2.24) is 0 Å². The van der Waals surface area contributed by atoms with Crippen LogP contribution in [0.4, 0.5) is 0 Å². The molecule has 1 saturated carbocycles. The van der Waals surface area contributed by atoms with Gasteiger partial charge in [0.2, 0.25) is 0 Å². The summed E-state index contributed by atoms with van der Waals surface area (Å²) in [5, 5.41) is 12.6. The van der Waals surface area contributed by atoms with Gasteiger partial charge in [-0.2, -0.15) is 0 Å². The summed E-state index contributed by atoms with van der Waals surface area (Å²) in [6.45, 7) is 16.1. The molecule has 0 spiro atoms. The normalized spacial score (nSPS) is 32.3. The molecule has 0 aromatic rings. The summed E-state index contributed by atoms with van der Waals surface area (Å²) in [7, 11) is -1.81. The Morgan fingerprint density at radius 3 is 2.57 bits per heavy atom. The van der Waals surface area contributed by atoms with E-state index in [1.54, 1.807) is 0 Å². The van der Waals surface area contributed by atoms with Crippen LogP contribution >= 0.6 is 11.9 Å². The van der Waals surface area contributed by atoms with Gasteiger partial charge in [-0.25, -0.2) is 0 Å². The minimum absolute atomic E-state index is 0.217. The maximum Gasteiger partial charge on any atom is 0.192 e. The number of rotatable bonds is 5. The lowest BCUT2D eigenvalue weighted by Gasteiger charge is -2.45. The zero-order valence-corrected chi connectivity index (χ0v) is 17.8. The van der Waals surface area contributed by atoms with Crippen molar-refractivity contribution in [3.05, 3.63) is 5.21 Å². The molecule has 0 saturated heterocycles. The first-order chi connectivity index (χ1) is 10.6. The molecule has 134 valence electrons. The van der Waals surface area contributed by atoms with Crippen LogP contribution in [-0.4, -0.2) is 30.0 Å². The van der Waals surface area contributed by atoms with Crippen molar-refractivity contribution in [2.45, 2.75) is 84.5 Å². The quantitative estimate of drug-likeness (QED) is 0.284. The highest BCUT2D eigenvalue weighted by atomic mass is 32.2. The molecule has 0 bridgehead atoms. The summed E-state index contributed by atoms with van der Waals surface area (Å²) in [6, 6.07) is 0. The fourth-order valence-corrected chi connectivity index (χ4v) is 6.21. The van der Waals surface area contributed by atoms with Crippen LogP contribution in [0.5, 0.6) is 0 Å². The van der Waals surface area contributed by atoms with Crippen LogP contribution in [0.25, 0.3) is 0 Å². The van der Waals surface area contributed by atoms with Gasteiger partial charge in [0.1, 0.15) is 0 Å². The van der Waals surface area contributed by atoms with Crippen LogP contribution in [0.3, 0.4) is 0 Å². The molecule has 0 aromatic carbocycles. The van der Waals surface area contributed by atoms with E-state index in [2.05, 4.69) is 47.7 Å². The number of fused-ring (bicyclic) bond motifs is 1. The first-order valence-electron chi connectivity index (χ1n) is 9.23. The molecule has 0 unspecified atom stereocenters. The predicted octanol–water partition coefficient (Wildman–Crippen LogP) is 5.45. The van der Waals surface area contributed by atoms with Gasteiger partial charge in [-0.15, -0.1) is 4.14 Å². The second-order valence-corrected chi connectivity index (χ2v) is 14.7. The van der Waals surface area contributed by atoms with Gasteiger partial charge >= 0.3 is 0 Å². The van der Waals surface area contributed by atoms with Gasteiger partial charge in [-0.1, -0.05) is 47.5 Å². The highest BCUT2D eigenvalue weighted by Gasteiger charge is 2.52. The second-order valence-electron chi connectivity index (χ2n) is 8.98. The van der Waals surface area contributed by atoms with E-state index < -0.39 is 8.32 Å². The molecule has 2 rings (SSSR count). The maximum absolute atomic E-state index is 12.4. The van der Waals surface area contributed by atoms with Gasteiger partial charge < -0.3 is 9.63 Å². The molecular formula is C18H35NO2SSi. The first kappa shape index (κ1) is 19.3. The lowest BCUT2D eigenvalue weighted by atomic mass is 9.71. The Hall–Kier alpha value is -0.00312. The second kappa shape index (κ2) is 7.09. The van der Waals surface area contributed by atoms with Gasteiger partial charge in [0, 0.05) is 5.92 Å². The number of hydrogen-bond donors (Lipinski definition) is 0.